The minimum Gasteiger partial charge on any atom is -0.494 e. The van der Waals surface area contributed by atoms with E-state index in [1.807, 2.05) is 40.4 Å². The summed E-state index contributed by atoms with van der Waals surface area (Å²) in [4.78, 5) is 17.0. The molecule has 4 rings (SSSR count). The molecule has 7 nitrogen and oxygen atoms in total. The molecule has 1 aromatic rings. The van der Waals surface area contributed by atoms with Crippen molar-refractivity contribution in [2.24, 2.45) is 0 Å². The average molecular weight is 481 g/mol. The van der Waals surface area contributed by atoms with Gasteiger partial charge in [0.25, 0.3) is 5.91 Å². The van der Waals surface area contributed by atoms with Gasteiger partial charge in [-0.1, -0.05) is 0 Å². The van der Waals surface area contributed by atoms with Crippen LogP contribution in [0.2, 0.25) is 0 Å². The van der Waals surface area contributed by atoms with Crippen molar-refractivity contribution in [3.8, 4) is 5.75 Å². The number of benzene rings is 1. The maximum absolute atomic E-state index is 12.6. The monoisotopic (exact) mass is 480 g/mol. The lowest BCUT2D eigenvalue weighted by Gasteiger charge is -2.27. The topological polar surface area (TPSA) is 57.3 Å². The summed E-state index contributed by atoms with van der Waals surface area (Å²) in [6.45, 7) is 8.52. The van der Waals surface area contributed by atoms with E-state index in [0.29, 0.717) is 32.8 Å². The molecule has 1 amide bonds. The first kappa shape index (κ1) is 22.9. The Bertz CT molecular complexity index is 722. The summed E-state index contributed by atoms with van der Waals surface area (Å²) in [5.41, 5.74) is 5.00. The molecular formula is C22H33BrN4O3. The molecule has 1 aromatic carbocycles. The Balaban J connectivity index is 0.00000256. The molecule has 1 N–H and O–H groups in total. The van der Waals surface area contributed by atoms with E-state index in [9.17, 15) is 4.79 Å². The maximum Gasteiger partial charge on any atom is 0.253 e. The van der Waals surface area contributed by atoms with Crippen LogP contribution in [0.4, 0.5) is 5.69 Å². The van der Waals surface area contributed by atoms with Crippen LogP contribution >= 0.6 is 17.0 Å². The summed E-state index contributed by atoms with van der Waals surface area (Å²) in [6.07, 6.45) is 5.50. The van der Waals surface area contributed by atoms with Gasteiger partial charge in [-0.3, -0.25) is 9.80 Å². The van der Waals surface area contributed by atoms with E-state index in [0.717, 1.165) is 42.6 Å². The predicted molar refractivity (Wildman–Crippen MR) is 123 cm³/mol. The lowest BCUT2D eigenvalue weighted by Crippen LogP contribution is -2.42. The van der Waals surface area contributed by atoms with E-state index in [-0.39, 0.29) is 22.9 Å². The third kappa shape index (κ3) is 5.68. The molecule has 30 heavy (non-hydrogen) atoms. The molecule has 2 fully saturated rings. The lowest BCUT2D eigenvalue weighted by atomic mass is 10.2. The molecule has 3 heterocycles. The molecular weight excluding hydrogens is 448 g/mol. The van der Waals surface area contributed by atoms with Gasteiger partial charge in [0.15, 0.2) is 0 Å². The fourth-order valence-electron chi connectivity index (χ4n) is 4.19. The highest BCUT2D eigenvalue weighted by Gasteiger charge is 2.25. The van der Waals surface area contributed by atoms with Crippen molar-refractivity contribution in [1.29, 1.82) is 0 Å². The van der Waals surface area contributed by atoms with Crippen molar-refractivity contribution in [3.63, 3.8) is 0 Å². The van der Waals surface area contributed by atoms with Gasteiger partial charge in [0, 0.05) is 31.9 Å². The molecule has 0 spiro atoms. The Morgan fingerprint density at radius 3 is 2.67 bits per heavy atom. The van der Waals surface area contributed by atoms with Crippen LogP contribution in [0.25, 0.3) is 0 Å². The van der Waals surface area contributed by atoms with Crippen molar-refractivity contribution >= 4 is 28.6 Å². The van der Waals surface area contributed by atoms with E-state index in [1.165, 1.54) is 19.4 Å². The Labute approximate surface area is 189 Å². The largest absolute Gasteiger partial charge is 0.494 e. The highest BCUT2D eigenvalue weighted by atomic mass is 79.9. The molecule has 3 aliphatic rings. The molecule has 3 aliphatic heterocycles. The van der Waals surface area contributed by atoms with Gasteiger partial charge in [-0.2, -0.15) is 0 Å². The zero-order valence-electron chi connectivity index (χ0n) is 17.7. The van der Waals surface area contributed by atoms with Crippen LogP contribution in [0, 0.1) is 0 Å². The number of likely N-dealkylation sites (tertiary alicyclic amines) is 1. The lowest BCUT2D eigenvalue weighted by molar-refractivity contribution is -0.131. The number of carbonyl (C=O) groups is 1. The van der Waals surface area contributed by atoms with Crippen molar-refractivity contribution < 1.29 is 14.3 Å². The number of halogens is 1. The summed E-state index contributed by atoms with van der Waals surface area (Å²) in [5.74, 6) is 0.982. The summed E-state index contributed by atoms with van der Waals surface area (Å²) >= 11 is 0. The van der Waals surface area contributed by atoms with Gasteiger partial charge < -0.3 is 24.7 Å². The Morgan fingerprint density at radius 2 is 1.97 bits per heavy atom. The Kier molecular flexibility index (Phi) is 8.41. The quantitative estimate of drug-likeness (QED) is 0.605. The summed E-state index contributed by atoms with van der Waals surface area (Å²) in [7, 11) is 0. The van der Waals surface area contributed by atoms with E-state index in [2.05, 4.69) is 17.2 Å². The normalized spacial score (nSPS) is 21.8. The Hall–Kier alpha value is -1.77. The predicted octanol–water partition coefficient (Wildman–Crippen LogP) is 2.58. The van der Waals surface area contributed by atoms with Crippen LogP contribution in [-0.4, -0.2) is 74.3 Å². The van der Waals surface area contributed by atoms with Crippen LogP contribution in [0.3, 0.4) is 0 Å². The van der Waals surface area contributed by atoms with E-state index in [1.54, 1.807) is 0 Å². The van der Waals surface area contributed by atoms with Crippen LogP contribution in [0.15, 0.2) is 36.0 Å². The SMILES string of the molecule is Br.C[C@@H]1CCCN1CCCOc1ccc(N2CC(C(=O)N3CCOCC3)=CN2)cc1. The van der Waals surface area contributed by atoms with Crippen molar-refractivity contribution in [2.75, 3.05) is 57.6 Å². The fraction of sp³-hybridized carbons (Fsp3) is 0.591. The van der Waals surface area contributed by atoms with Gasteiger partial charge in [-0.05, 0) is 57.0 Å². The second kappa shape index (κ2) is 11.0. The van der Waals surface area contributed by atoms with Crippen LogP contribution in [0.1, 0.15) is 26.2 Å². The van der Waals surface area contributed by atoms with Gasteiger partial charge >= 0.3 is 0 Å². The Morgan fingerprint density at radius 1 is 1.20 bits per heavy atom. The fourth-order valence-corrected chi connectivity index (χ4v) is 4.19. The number of nitrogens with zero attached hydrogens (tertiary/aromatic N) is 3. The van der Waals surface area contributed by atoms with Crippen LogP contribution in [-0.2, 0) is 9.53 Å². The first-order chi connectivity index (χ1) is 14.2. The van der Waals surface area contributed by atoms with Gasteiger partial charge in [0.1, 0.15) is 5.75 Å². The standard InChI is InChI=1S/C22H32N4O3.BrH/c1-18-4-2-9-24(18)10-3-13-29-21-7-5-20(6-8-21)26-17-19(16-23-26)22(27)25-11-14-28-15-12-25;/h5-8,16,18,23H,2-4,9-15,17H2,1H3;1H/t18-;/m1./s1. The van der Waals surface area contributed by atoms with Crippen LogP contribution < -0.4 is 15.2 Å². The second-order valence-corrected chi connectivity index (χ2v) is 8.01. The molecule has 0 radical (unpaired) electrons. The minimum absolute atomic E-state index is 0. The van der Waals surface area contributed by atoms with Gasteiger partial charge in [0.2, 0.25) is 0 Å². The molecule has 2 saturated heterocycles. The number of carbonyl (C=O) groups excluding carboxylic acids is 1. The highest BCUT2D eigenvalue weighted by molar-refractivity contribution is 8.93. The molecule has 0 unspecified atom stereocenters. The molecule has 0 saturated carbocycles. The average Bonchev–Trinajstić information content (AvgIpc) is 3.41. The van der Waals surface area contributed by atoms with Crippen molar-refractivity contribution in [3.05, 3.63) is 36.0 Å². The number of nitrogens with one attached hydrogen (secondary N) is 1. The summed E-state index contributed by atoms with van der Waals surface area (Å²) in [5, 5.41) is 1.98. The third-order valence-corrected chi connectivity index (χ3v) is 5.99. The molecule has 1 atom stereocenters. The number of hydrogen-bond acceptors (Lipinski definition) is 6. The maximum atomic E-state index is 12.6. The summed E-state index contributed by atoms with van der Waals surface area (Å²) in [6, 6.07) is 8.77. The molecule has 0 aliphatic carbocycles. The number of hydrogen-bond donors (Lipinski definition) is 1. The second-order valence-electron chi connectivity index (χ2n) is 8.01. The number of anilines is 1. The molecule has 0 bridgehead atoms. The number of rotatable bonds is 7. The molecule has 166 valence electrons. The number of ether oxygens (including phenoxy) is 2. The first-order valence-corrected chi connectivity index (χ1v) is 10.8. The first-order valence-electron chi connectivity index (χ1n) is 10.8. The van der Waals surface area contributed by atoms with E-state index < -0.39 is 0 Å². The van der Waals surface area contributed by atoms with E-state index in [4.69, 9.17) is 9.47 Å². The smallest absolute Gasteiger partial charge is 0.253 e. The minimum atomic E-state index is 0. The highest BCUT2D eigenvalue weighted by Crippen LogP contribution is 2.22. The zero-order chi connectivity index (χ0) is 20.1. The van der Waals surface area contributed by atoms with Gasteiger partial charge in [0.05, 0.1) is 37.6 Å². The third-order valence-electron chi connectivity index (χ3n) is 5.99. The van der Waals surface area contributed by atoms with Crippen LogP contribution in [0.5, 0.6) is 5.75 Å². The zero-order valence-corrected chi connectivity index (χ0v) is 19.4. The molecule has 8 heteroatoms. The number of amides is 1. The van der Waals surface area contributed by atoms with Gasteiger partial charge in [-0.15, -0.1) is 17.0 Å². The van der Waals surface area contributed by atoms with Crippen molar-refractivity contribution in [2.45, 2.75) is 32.2 Å². The molecule has 0 aromatic heterocycles. The van der Waals surface area contributed by atoms with E-state index >= 15 is 0 Å². The number of morpholine rings is 1. The van der Waals surface area contributed by atoms with Gasteiger partial charge in [-0.25, -0.2) is 0 Å². The summed E-state index contributed by atoms with van der Waals surface area (Å²) < 4.78 is 11.2. The van der Waals surface area contributed by atoms with Crippen molar-refractivity contribution in [1.82, 2.24) is 15.2 Å². The number of hydrazine groups is 1.